The van der Waals surface area contributed by atoms with E-state index in [1.807, 2.05) is 25.1 Å². The quantitative estimate of drug-likeness (QED) is 0.682. The van der Waals surface area contributed by atoms with Crippen molar-refractivity contribution >= 4 is 11.7 Å². The van der Waals surface area contributed by atoms with Crippen LogP contribution in [0.3, 0.4) is 0 Å². The lowest BCUT2D eigenvalue weighted by Gasteiger charge is -2.36. The third-order valence-electron chi connectivity index (χ3n) is 5.31. The Kier molecular flexibility index (Phi) is 6.01. The van der Waals surface area contributed by atoms with Crippen LogP contribution in [-0.2, 0) is 6.54 Å². The number of amides is 2. The van der Waals surface area contributed by atoms with Gasteiger partial charge in [0, 0.05) is 44.5 Å². The summed E-state index contributed by atoms with van der Waals surface area (Å²) in [6.07, 6.45) is 1.66. The number of aryl methyl sites for hydroxylation is 1. The van der Waals surface area contributed by atoms with Crippen molar-refractivity contribution in [3.63, 3.8) is 0 Å². The van der Waals surface area contributed by atoms with E-state index >= 15 is 0 Å². The maximum atomic E-state index is 13.0. The number of piperazine rings is 1. The summed E-state index contributed by atoms with van der Waals surface area (Å²) in [4.78, 5) is 20.7. The Labute approximate surface area is 180 Å². The highest BCUT2D eigenvalue weighted by Crippen LogP contribution is 2.28. The van der Waals surface area contributed by atoms with Crippen LogP contribution in [0.4, 0.5) is 14.9 Å². The highest BCUT2D eigenvalue weighted by molar-refractivity contribution is 5.74. The van der Waals surface area contributed by atoms with Gasteiger partial charge < -0.3 is 19.9 Å². The number of anilines is 1. The number of carbonyl (C=O) groups is 1. The molecular formula is C22H25FN6O2. The number of urea groups is 1. The molecule has 0 saturated carbocycles. The van der Waals surface area contributed by atoms with E-state index in [1.165, 1.54) is 12.1 Å². The minimum Gasteiger partial charge on any atom is -0.494 e. The van der Waals surface area contributed by atoms with Gasteiger partial charge in [-0.2, -0.15) is 5.10 Å². The third-order valence-corrected chi connectivity index (χ3v) is 5.31. The van der Waals surface area contributed by atoms with Gasteiger partial charge >= 0.3 is 6.03 Å². The van der Waals surface area contributed by atoms with E-state index < -0.39 is 0 Å². The summed E-state index contributed by atoms with van der Waals surface area (Å²) in [5.74, 6) is 1.12. The minimum atomic E-state index is -0.285. The van der Waals surface area contributed by atoms with Crippen LogP contribution < -0.4 is 15.0 Å². The zero-order valence-electron chi connectivity index (χ0n) is 17.6. The van der Waals surface area contributed by atoms with Crippen molar-refractivity contribution < 1.29 is 13.9 Å². The number of aromatic nitrogens is 3. The van der Waals surface area contributed by atoms with Gasteiger partial charge in [0.05, 0.1) is 7.11 Å². The van der Waals surface area contributed by atoms with Crippen LogP contribution in [0.25, 0.3) is 5.69 Å². The standard InChI is InChI=1S/C22H25FN6O2/c1-16-25-15-29(26-16)20-8-7-19(13-21(20)31-2)27-9-11-28(12-10-27)22(30)24-14-17-3-5-18(23)6-4-17/h3-8,13,15H,9-12,14H2,1-2H3,(H,24,30). The van der Waals surface area contributed by atoms with Crippen LogP contribution in [0, 0.1) is 12.7 Å². The van der Waals surface area contributed by atoms with Gasteiger partial charge in [-0.15, -0.1) is 0 Å². The van der Waals surface area contributed by atoms with Crippen LogP contribution in [0.5, 0.6) is 5.75 Å². The Morgan fingerprint density at radius 3 is 2.52 bits per heavy atom. The second-order valence-electron chi connectivity index (χ2n) is 7.35. The lowest BCUT2D eigenvalue weighted by atomic mass is 10.2. The Bertz CT molecular complexity index is 1040. The molecule has 9 heteroatoms. The van der Waals surface area contributed by atoms with E-state index in [1.54, 1.807) is 35.2 Å². The van der Waals surface area contributed by atoms with E-state index in [0.717, 1.165) is 30.0 Å². The number of carbonyl (C=O) groups excluding carboxylic acids is 1. The number of halogens is 1. The first-order valence-corrected chi connectivity index (χ1v) is 10.1. The predicted molar refractivity (Wildman–Crippen MR) is 115 cm³/mol. The van der Waals surface area contributed by atoms with Crippen LogP contribution in [0.15, 0.2) is 48.8 Å². The normalized spacial score (nSPS) is 13.9. The van der Waals surface area contributed by atoms with Crippen molar-refractivity contribution in [2.24, 2.45) is 0 Å². The zero-order chi connectivity index (χ0) is 21.8. The minimum absolute atomic E-state index is 0.113. The summed E-state index contributed by atoms with van der Waals surface area (Å²) in [7, 11) is 1.63. The van der Waals surface area contributed by atoms with Gasteiger partial charge in [-0.05, 0) is 36.8 Å². The molecule has 4 rings (SSSR count). The molecule has 3 aromatic rings. The van der Waals surface area contributed by atoms with Crippen LogP contribution in [0.2, 0.25) is 0 Å². The summed E-state index contributed by atoms with van der Waals surface area (Å²) in [5.41, 5.74) is 2.72. The zero-order valence-corrected chi connectivity index (χ0v) is 17.6. The molecule has 2 heterocycles. The molecule has 1 fully saturated rings. The number of methoxy groups -OCH3 is 1. The SMILES string of the molecule is COc1cc(N2CCN(C(=O)NCc3ccc(F)cc3)CC2)ccc1-n1cnc(C)n1. The molecule has 0 spiro atoms. The van der Waals surface area contributed by atoms with E-state index in [4.69, 9.17) is 4.74 Å². The summed E-state index contributed by atoms with van der Waals surface area (Å²) in [6.45, 7) is 4.87. The van der Waals surface area contributed by atoms with Crippen molar-refractivity contribution in [1.29, 1.82) is 0 Å². The van der Waals surface area contributed by atoms with Gasteiger partial charge in [-0.3, -0.25) is 0 Å². The Morgan fingerprint density at radius 2 is 1.87 bits per heavy atom. The first-order valence-electron chi connectivity index (χ1n) is 10.1. The molecule has 1 saturated heterocycles. The Hall–Kier alpha value is -3.62. The average Bonchev–Trinajstić information content (AvgIpc) is 3.24. The Morgan fingerprint density at radius 1 is 1.13 bits per heavy atom. The molecule has 0 aliphatic carbocycles. The lowest BCUT2D eigenvalue weighted by Crippen LogP contribution is -2.51. The summed E-state index contributed by atoms with van der Waals surface area (Å²) >= 11 is 0. The first kappa shape index (κ1) is 20.6. The Balaban J connectivity index is 1.34. The summed E-state index contributed by atoms with van der Waals surface area (Å²) in [6, 6.07) is 12.0. The van der Waals surface area contributed by atoms with Crippen molar-refractivity contribution in [3.05, 3.63) is 66.0 Å². The van der Waals surface area contributed by atoms with Gasteiger partial charge in [-0.25, -0.2) is 18.9 Å². The highest BCUT2D eigenvalue weighted by atomic mass is 19.1. The topological polar surface area (TPSA) is 75.5 Å². The fourth-order valence-corrected chi connectivity index (χ4v) is 3.57. The largest absolute Gasteiger partial charge is 0.494 e. The van der Waals surface area contributed by atoms with Crippen molar-refractivity contribution in [2.45, 2.75) is 13.5 Å². The fourth-order valence-electron chi connectivity index (χ4n) is 3.57. The molecule has 1 N–H and O–H groups in total. The monoisotopic (exact) mass is 424 g/mol. The molecule has 0 radical (unpaired) electrons. The van der Waals surface area contributed by atoms with Gasteiger partial charge in [0.2, 0.25) is 0 Å². The first-order chi connectivity index (χ1) is 15.0. The maximum Gasteiger partial charge on any atom is 0.317 e. The lowest BCUT2D eigenvalue weighted by molar-refractivity contribution is 0.194. The van der Waals surface area contributed by atoms with E-state index in [2.05, 4.69) is 20.3 Å². The molecule has 2 amide bonds. The molecule has 0 unspecified atom stereocenters. The van der Waals surface area contributed by atoms with Crippen LogP contribution >= 0.6 is 0 Å². The third kappa shape index (κ3) is 4.76. The molecule has 31 heavy (non-hydrogen) atoms. The molecule has 1 aromatic heterocycles. The van der Waals surface area contributed by atoms with Crippen molar-refractivity contribution in [1.82, 2.24) is 25.0 Å². The average molecular weight is 424 g/mol. The number of nitrogens with one attached hydrogen (secondary N) is 1. The predicted octanol–water partition coefficient (Wildman–Crippen LogP) is 2.76. The molecule has 0 atom stereocenters. The van der Waals surface area contributed by atoms with Gasteiger partial charge in [0.25, 0.3) is 0 Å². The van der Waals surface area contributed by atoms with Crippen LogP contribution in [-0.4, -0.2) is 59.0 Å². The second kappa shape index (κ2) is 9.03. The van der Waals surface area contributed by atoms with Crippen LogP contribution in [0.1, 0.15) is 11.4 Å². The second-order valence-corrected chi connectivity index (χ2v) is 7.35. The summed E-state index contributed by atoms with van der Waals surface area (Å²) in [5, 5.41) is 7.25. The highest BCUT2D eigenvalue weighted by Gasteiger charge is 2.22. The van der Waals surface area contributed by atoms with Gasteiger partial charge in [-0.1, -0.05) is 12.1 Å². The fraction of sp³-hybridized carbons (Fsp3) is 0.318. The molecule has 162 valence electrons. The van der Waals surface area contributed by atoms with Gasteiger partial charge in [0.1, 0.15) is 29.4 Å². The van der Waals surface area contributed by atoms with Crippen molar-refractivity contribution in [2.75, 3.05) is 38.2 Å². The molecule has 1 aliphatic heterocycles. The molecule has 2 aromatic carbocycles. The number of nitrogens with zero attached hydrogens (tertiary/aromatic N) is 5. The molecular weight excluding hydrogens is 399 g/mol. The summed E-state index contributed by atoms with van der Waals surface area (Å²) < 4.78 is 20.3. The number of hydrogen-bond acceptors (Lipinski definition) is 5. The number of benzene rings is 2. The van der Waals surface area contributed by atoms with E-state index in [9.17, 15) is 9.18 Å². The van der Waals surface area contributed by atoms with E-state index in [-0.39, 0.29) is 11.8 Å². The van der Waals surface area contributed by atoms with Crippen molar-refractivity contribution in [3.8, 4) is 11.4 Å². The number of ether oxygens (including phenoxy) is 1. The molecule has 0 bridgehead atoms. The maximum absolute atomic E-state index is 13.0. The molecule has 1 aliphatic rings. The number of rotatable bonds is 5. The smallest absolute Gasteiger partial charge is 0.317 e. The molecule has 8 nitrogen and oxygen atoms in total. The van der Waals surface area contributed by atoms with Gasteiger partial charge in [0.15, 0.2) is 0 Å². The number of hydrogen-bond donors (Lipinski definition) is 1. The van der Waals surface area contributed by atoms with E-state index in [0.29, 0.717) is 31.2 Å².